The van der Waals surface area contributed by atoms with Crippen LogP contribution >= 0.6 is 23.1 Å². The second-order valence-electron chi connectivity index (χ2n) is 9.67. The average molecular weight is 544 g/mol. The molecule has 3 aromatic rings. The van der Waals surface area contributed by atoms with Crippen molar-refractivity contribution in [2.75, 3.05) is 20.2 Å². The molecule has 3 atom stereocenters. The molecule has 0 spiro atoms. The van der Waals surface area contributed by atoms with Crippen LogP contribution in [0.25, 0.3) is 10.9 Å². The summed E-state index contributed by atoms with van der Waals surface area (Å²) in [6.07, 6.45) is 2.25. The predicted octanol–water partition coefficient (Wildman–Crippen LogP) is 3.35. The number of likely N-dealkylation sites (N-methyl/N-ethyl adjacent to an activating group) is 1. The van der Waals surface area contributed by atoms with Crippen molar-refractivity contribution in [3.05, 3.63) is 51.6 Å². The third-order valence-corrected chi connectivity index (χ3v) is 8.55. The molecule has 1 saturated carbocycles. The van der Waals surface area contributed by atoms with Crippen LogP contribution in [0.1, 0.15) is 57.0 Å². The molecule has 1 aliphatic carbocycles. The van der Waals surface area contributed by atoms with Gasteiger partial charge in [0.15, 0.2) is 5.01 Å². The maximum atomic E-state index is 13.3. The van der Waals surface area contributed by atoms with Crippen LogP contribution in [0.3, 0.4) is 0 Å². The lowest BCUT2D eigenvalue weighted by Gasteiger charge is -2.36. The summed E-state index contributed by atoms with van der Waals surface area (Å²) in [7, 11) is 2.05. The Balaban J connectivity index is 1.34. The number of benzene rings is 1. The van der Waals surface area contributed by atoms with Crippen molar-refractivity contribution in [3.8, 4) is 0 Å². The Kier molecular flexibility index (Phi) is 7.50. The van der Waals surface area contributed by atoms with Gasteiger partial charge in [-0.15, -0.1) is 11.3 Å². The Morgan fingerprint density at radius 2 is 1.95 bits per heavy atom. The molecule has 1 aliphatic heterocycles. The summed E-state index contributed by atoms with van der Waals surface area (Å²) < 4.78 is 6.59. The van der Waals surface area contributed by atoms with Gasteiger partial charge in [-0.25, -0.2) is 9.07 Å². The van der Waals surface area contributed by atoms with E-state index in [4.69, 9.17) is 16.5 Å². The number of carbonyl (C=O) groups is 3. The first-order valence-electron chi connectivity index (χ1n) is 12.6. The molecule has 1 aromatic carbocycles. The van der Waals surface area contributed by atoms with Gasteiger partial charge in [0.05, 0.1) is 29.8 Å². The van der Waals surface area contributed by atoms with Crippen LogP contribution < -0.4 is 10.6 Å². The zero-order valence-corrected chi connectivity index (χ0v) is 22.4. The van der Waals surface area contributed by atoms with Gasteiger partial charge >= 0.3 is 5.97 Å². The minimum absolute atomic E-state index is 0.278. The van der Waals surface area contributed by atoms with Crippen molar-refractivity contribution in [2.24, 2.45) is 5.92 Å². The first-order chi connectivity index (χ1) is 17.8. The number of halogens is 1. The molecule has 0 saturated heterocycles. The molecule has 196 valence electrons. The quantitative estimate of drug-likeness (QED) is 0.462. The number of para-hydroxylation sites is 1. The standard InChI is InChI=1S/C26H30ClN5O4S/c1-3-36-26(35)16-8-9-17(28-23(33)21-13-15-6-4-5-7-20(15)32(21)27)19(12-16)29-24(34)25-30-18-10-11-31(2)14-22(18)37-25/h4-7,13,16-17,19H,3,8-12,14H2,1-2H3,(H,28,33)(H,29,34)/t16-,17-,19+/m0/s1. The second kappa shape index (κ2) is 10.8. The first-order valence-corrected chi connectivity index (χ1v) is 13.7. The molecule has 5 rings (SSSR count). The van der Waals surface area contributed by atoms with E-state index in [2.05, 4.69) is 20.5 Å². The Bertz CT molecular complexity index is 1340. The number of amides is 2. The third-order valence-electron chi connectivity index (χ3n) is 7.10. The number of thiazole rings is 1. The van der Waals surface area contributed by atoms with E-state index in [0.717, 1.165) is 41.0 Å². The summed E-state index contributed by atoms with van der Waals surface area (Å²) in [5.74, 6) is -1.25. The van der Waals surface area contributed by atoms with Crippen molar-refractivity contribution >= 4 is 51.8 Å². The maximum absolute atomic E-state index is 13.3. The molecule has 0 bridgehead atoms. The monoisotopic (exact) mass is 543 g/mol. The number of ether oxygens (including phenoxy) is 1. The van der Waals surface area contributed by atoms with Crippen LogP contribution in [-0.4, -0.2) is 64.0 Å². The molecule has 3 heterocycles. The van der Waals surface area contributed by atoms with E-state index in [0.29, 0.717) is 36.6 Å². The van der Waals surface area contributed by atoms with Gasteiger partial charge in [0, 0.05) is 47.6 Å². The van der Waals surface area contributed by atoms with E-state index in [1.54, 1.807) is 13.0 Å². The highest BCUT2D eigenvalue weighted by Crippen LogP contribution is 2.29. The maximum Gasteiger partial charge on any atom is 0.308 e. The van der Waals surface area contributed by atoms with Gasteiger partial charge in [-0.3, -0.25) is 14.4 Å². The van der Waals surface area contributed by atoms with Crippen molar-refractivity contribution in [1.82, 2.24) is 24.6 Å². The predicted molar refractivity (Wildman–Crippen MR) is 142 cm³/mol. The fraction of sp³-hybridized carbons (Fsp3) is 0.462. The number of hydrogen-bond donors (Lipinski definition) is 2. The molecule has 2 aliphatic rings. The Labute approximate surface area is 224 Å². The number of nitrogens with zero attached hydrogens (tertiary/aromatic N) is 3. The third kappa shape index (κ3) is 5.37. The van der Waals surface area contributed by atoms with Gasteiger partial charge in [-0.1, -0.05) is 18.2 Å². The van der Waals surface area contributed by atoms with Crippen LogP contribution in [0.5, 0.6) is 0 Å². The zero-order valence-electron chi connectivity index (χ0n) is 20.8. The van der Waals surface area contributed by atoms with Gasteiger partial charge in [-0.05, 0) is 45.4 Å². The van der Waals surface area contributed by atoms with Crippen molar-refractivity contribution in [3.63, 3.8) is 0 Å². The highest BCUT2D eigenvalue weighted by molar-refractivity contribution is 7.13. The fourth-order valence-electron chi connectivity index (χ4n) is 5.15. The van der Waals surface area contributed by atoms with Crippen LogP contribution in [0.2, 0.25) is 0 Å². The minimum atomic E-state index is -0.462. The molecule has 2 N–H and O–H groups in total. The first kappa shape index (κ1) is 25.7. The lowest BCUT2D eigenvalue weighted by molar-refractivity contribution is -0.149. The molecular formula is C26H30ClN5O4S. The highest BCUT2D eigenvalue weighted by Gasteiger charge is 2.37. The molecule has 2 aromatic heterocycles. The van der Waals surface area contributed by atoms with Crippen LogP contribution in [-0.2, 0) is 22.5 Å². The Morgan fingerprint density at radius 1 is 1.16 bits per heavy atom. The molecule has 37 heavy (non-hydrogen) atoms. The van der Waals surface area contributed by atoms with Gasteiger partial charge in [0.1, 0.15) is 5.69 Å². The number of aromatic nitrogens is 2. The molecule has 0 unspecified atom stereocenters. The normalized spacial score (nSPS) is 21.9. The van der Waals surface area contributed by atoms with Gasteiger partial charge in [0.25, 0.3) is 11.8 Å². The largest absolute Gasteiger partial charge is 0.466 e. The van der Waals surface area contributed by atoms with E-state index in [9.17, 15) is 14.4 Å². The lowest BCUT2D eigenvalue weighted by Crippen LogP contribution is -2.55. The smallest absolute Gasteiger partial charge is 0.308 e. The molecule has 11 heteroatoms. The van der Waals surface area contributed by atoms with Crippen LogP contribution in [0, 0.1) is 5.92 Å². The summed E-state index contributed by atoms with van der Waals surface area (Å²) in [4.78, 5) is 46.9. The Hall–Kier alpha value is -2.95. The molecular weight excluding hydrogens is 514 g/mol. The number of carbonyl (C=O) groups excluding carboxylic acids is 3. The summed E-state index contributed by atoms with van der Waals surface area (Å²) in [5.41, 5.74) is 2.03. The number of nitrogens with one attached hydrogen (secondary N) is 2. The minimum Gasteiger partial charge on any atom is -0.466 e. The van der Waals surface area contributed by atoms with Gasteiger partial charge in [0.2, 0.25) is 0 Å². The van der Waals surface area contributed by atoms with E-state index in [1.807, 2.05) is 31.3 Å². The molecule has 2 amide bonds. The highest BCUT2D eigenvalue weighted by atomic mass is 35.5. The van der Waals surface area contributed by atoms with Gasteiger partial charge in [-0.2, -0.15) is 0 Å². The molecule has 0 radical (unpaired) electrons. The van der Waals surface area contributed by atoms with E-state index in [1.165, 1.54) is 15.4 Å². The summed E-state index contributed by atoms with van der Waals surface area (Å²) in [6, 6.07) is 8.39. The summed E-state index contributed by atoms with van der Waals surface area (Å²) in [6.45, 7) is 3.76. The topological polar surface area (TPSA) is 106 Å². The number of esters is 1. The van der Waals surface area contributed by atoms with E-state index < -0.39 is 6.04 Å². The van der Waals surface area contributed by atoms with Crippen molar-refractivity contribution < 1.29 is 19.1 Å². The number of hydrogen-bond acceptors (Lipinski definition) is 7. The van der Waals surface area contributed by atoms with Crippen molar-refractivity contribution in [1.29, 1.82) is 0 Å². The Morgan fingerprint density at radius 3 is 2.73 bits per heavy atom. The zero-order chi connectivity index (χ0) is 26.1. The van der Waals surface area contributed by atoms with E-state index in [-0.39, 0.29) is 29.7 Å². The van der Waals surface area contributed by atoms with Crippen LogP contribution in [0.15, 0.2) is 30.3 Å². The lowest BCUT2D eigenvalue weighted by atomic mass is 9.82. The second-order valence-corrected chi connectivity index (χ2v) is 11.1. The van der Waals surface area contributed by atoms with E-state index >= 15 is 0 Å². The van der Waals surface area contributed by atoms with Gasteiger partial charge < -0.3 is 20.3 Å². The number of fused-ring (bicyclic) bond motifs is 2. The fourth-order valence-corrected chi connectivity index (χ4v) is 6.52. The summed E-state index contributed by atoms with van der Waals surface area (Å²) in [5, 5.41) is 7.38. The average Bonchev–Trinajstić information content (AvgIpc) is 3.46. The van der Waals surface area contributed by atoms with Crippen LogP contribution in [0.4, 0.5) is 0 Å². The molecule has 1 fully saturated rings. The molecule has 9 nitrogen and oxygen atoms in total. The SMILES string of the molecule is CCOC(=O)[C@H]1CC[C@H](NC(=O)c2cc3ccccc3n2Cl)[C@H](NC(=O)c2nc3c(s2)CN(C)CC3)C1. The summed E-state index contributed by atoms with van der Waals surface area (Å²) >= 11 is 7.85. The van der Waals surface area contributed by atoms with Crippen molar-refractivity contribution in [2.45, 2.75) is 51.2 Å². The number of rotatable bonds is 6.